The lowest BCUT2D eigenvalue weighted by Gasteiger charge is -2.02. The van der Waals surface area contributed by atoms with E-state index >= 15 is 0 Å². The van der Waals surface area contributed by atoms with Crippen molar-refractivity contribution in [2.75, 3.05) is 16.8 Å². The van der Waals surface area contributed by atoms with Crippen molar-refractivity contribution < 1.29 is 4.79 Å². The van der Waals surface area contributed by atoms with Crippen LogP contribution in [0.15, 0.2) is 28.2 Å². The van der Waals surface area contributed by atoms with Crippen molar-refractivity contribution in [3.63, 3.8) is 0 Å². The predicted octanol–water partition coefficient (Wildman–Crippen LogP) is 2.31. The van der Waals surface area contributed by atoms with Gasteiger partial charge in [0.2, 0.25) is 5.91 Å². The first-order valence-corrected chi connectivity index (χ1v) is 8.88. The Bertz CT molecular complexity index is 980. The molecule has 0 saturated carbocycles. The van der Waals surface area contributed by atoms with Gasteiger partial charge in [0.25, 0.3) is 5.56 Å². The fourth-order valence-corrected chi connectivity index (χ4v) is 3.98. The summed E-state index contributed by atoms with van der Waals surface area (Å²) in [6, 6.07) is 5.30. The smallest absolute Gasteiger partial charge is 0.253 e. The molecule has 124 valence electrons. The van der Waals surface area contributed by atoms with Crippen LogP contribution in [0.25, 0.3) is 10.2 Å². The van der Waals surface area contributed by atoms with E-state index in [0.717, 1.165) is 33.1 Å². The first kappa shape index (κ1) is 16.5. The second kappa shape index (κ2) is 6.62. The van der Waals surface area contributed by atoms with Crippen molar-refractivity contribution in [3.05, 3.63) is 39.7 Å². The zero-order valence-corrected chi connectivity index (χ0v) is 14.7. The number of nitrogens with two attached hydrogens (primary N) is 1. The summed E-state index contributed by atoms with van der Waals surface area (Å²) in [7, 11) is 0. The molecule has 0 bridgehead atoms. The minimum Gasteiger partial charge on any atom is -0.383 e. The minimum atomic E-state index is -0.345. The summed E-state index contributed by atoms with van der Waals surface area (Å²) < 4.78 is 1.04. The number of H-pyrrole nitrogens is 1. The third kappa shape index (κ3) is 3.74. The number of hydrogen-bond donors (Lipinski definition) is 3. The Labute approximate surface area is 145 Å². The summed E-state index contributed by atoms with van der Waals surface area (Å²) in [4.78, 5) is 34.3. The summed E-state index contributed by atoms with van der Waals surface area (Å²) in [6.07, 6.45) is 0. The average Bonchev–Trinajstić information content (AvgIpc) is 2.86. The molecule has 0 radical (unpaired) electrons. The van der Waals surface area contributed by atoms with E-state index in [4.69, 9.17) is 5.73 Å². The highest BCUT2D eigenvalue weighted by molar-refractivity contribution is 7.99. The molecular formula is C15H15N5O2S2. The lowest BCUT2D eigenvalue weighted by Crippen LogP contribution is -2.15. The SMILES string of the molecule is Cc1cc(C)c2nc(NC(=O)CSc3nc(N)cc(=O)[nH]3)sc2c1. The van der Waals surface area contributed by atoms with Crippen LogP contribution in [-0.2, 0) is 4.79 Å². The van der Waals surface area contributed by atoms with Gasteiger partial charge in [-0.1, -0.05) is 29.2 Å². The van der Waals surface area contributed by atoms with Gasteiger partial charge in [0, 0.05) is 6.07 Å². The Morgan fingerprint density at radius 3 is 2.88 bits per heavy atom. The van der Waals surface area contributed by atoms with E-state index in [9.17, 15) is 9.59 Å². The number of aryl methyl sites for hydroxylation is 2. The second-order valence-corrected chi connectivity index (χ2v) is 7.25. The van der Waals surface area contributed by atoms with Crippen molar-refractivity contribution >= 4 is 50.2 Å². The van der Waals surface area contributed by atoms with Crippen LogP contribution in [0.2, 0.25) is 0 Å². The molecule has 0 spiro atoms. The number of rotatable bonds is 4. The fourth-order valence-electron chi connectivity index (χ4n) is 2.23. The molecule has 0 aliphatic rings. The Balaban J connectivity index is 1.68. The summed E-state index contributed by atoms with van der Waals surface area (Å²) in [5.41, 5.74) is 8.30. The van der Waals surface area contributed by atoms with Crippen LogP contribution in [0.4, 0.5) is 10.9 Å². The van der Waals surface area contributed by atoms with Crippen molar-refractivity contribution in [2.24, 2.45) is 0 Å². The van der Waals surface area contributed by atoms with Crippen LogP contribution in [0.3, 0.4) is 0 Å². The molecule has 0 unspecified atom stereocenters. The van der Waals surface area contributed by atoms with Gasteiger partial charge in [-0.05, 0) is 31.0 Å². The van der Waals surface area contributed by atoms with E-state index in [0.29, 0.717) is 10.3 Å². The van der Waals surface area contributed by atoms with Gasteiger partial charge in [-0.15, -0.1) is 0 Å². The number of benzene rings is 1. The molecule has 24 heavy (non-hydrogen) atoms. The lowest BCUT2D eigenvalue weighted by atomic mass is 10.1. The second-order valence-electron chi connectivity index (χ2n) is 5.26. The van der Waals surface area contributed by atoms with Crippen LogP contribution in [0.1, 0.15) is 11.1 Å². The lowest BCUT2D eigenvalue weighted by molar-refractivity contribution is -0.113. The zero-order valence-electron chi connectivity index (χ0n) is 13.0. The largest absolute Gasteiger partial charge is 0.383 e. The number of hydrogen-bond acceptors (Lipinski definition) is 7. The van der Waals surface area contributed by atoms with Crippen molar-refractivity contribution in [1.29, 1.82) is 0 Å². The van der Waals surface area contributed by atoms with Gasteiger partial charge in [0.15, 0.2) is 10.3 Å². The highest BCUT2D eigenvalue weighted by Gasteiger charge is 2.11. The van der Waals surface area contributed by atoms with Crippen LogP contribution in [0, 0.1) is 13.8 Å². The monoisotopic (exact) mass is 361 g/mol. The van der Waals surface area contributed by atoms with Gasteiger partial charge in [0.1, 0.15) is 5.82 Å². The van der Waals surface area contributed by atoms with Gasteiger partial charge in [-0.3, -0.25) is 9.59 Å². The standard InChI is InChI=1S/C15H15N5O2S2/c1-7-3-8(2)13-9(4-7)24-15(20-13)19-12(22)6-23-14-17-10(16)5-11(21)18-14/h3-5H,6H2,1-2H3,(H,19,20,22)(H3,16,17,18,21). The van der Waals surface area contributed by atoms with Gasteiger partial charge in [-0.25, -0.2) is 9.97 Å². The van der Waals surface area contributed by atoms with Gasteiger partial charge < -0.3 is 16.0 Å². The molecule has 2 heterocycles. The number of amides is 1. The van der Waals surface area contributed by atoms with E-state index < -0.39 is 0 Å². The highest BCUT2D eigenvalue weighted by atomic mass is 32.2. The maximum absolute atomic E-state index is 12.1. The number of nitrogen functional groups attached to an aromatic ring is 1. The number of nitrogens with zero attached hydrogens (tertiary/aromatic N) is 2. The number of nitrogens with one attached hydrogen (secondary N) is 2. The number of carbonyl (C=O) groups is 1. The molecule has 0 saturated heterocycles. The molecule has 3 aromatic rings. The molecular weight excluding hydrogens is 346 g/mol. The van der Waals surface area contributed by atoms with Gasteiger partial charge >= 0.3 is 0 Å². The maximum atomic E-state index is 12.1. The Morgan fingerprint density at radius 1 is 1.33 bits per heavy atom. The first-order chi connectivity index (χ1) is 11.4. The highest BCUT2D eigenvalue weighted by Crippen LogP contribution is 2.29. The molecule has 0 aliphatic carbocycles. The molecule has 0 aliphatic heterocycles. The normalized spacial score (nSPS) is 10.9. The van der Waals surface area contributed by atoms with Crippen molar-refractivity contribution in [3.8, 4) is 0 Å². The third-order valence-electron chi connectivity index (χ3n) is 3.16. The number of carbonyl (C=O) groups excluding carboxylic acids is 1. The molecule has 7 nitrogen and oxygen atoms in total. The minimum absolute atomic E-state index is 0.0975. The molecule has 9 heteroatoms. The number of thiazole rings is 1. The summed E-state index contributed by atoms with van der Waals surface area (Å²) in [5.74, 6) is -0.00228. The summed E-state index contributed by atoms with van der Waals surface area (Å²) >= 11 is 2.54. The zero-order chi connectivity index (χ0) is 17.3. The van der Waals surface area contributed by atoms with E-state index in [-0.39, 0.29) is 23.0 Å². The molecule has 1 aromatic carbocycles. The van der Waals surface area contributed by atoms with E-state index in [2.05, 4.69) is 26.3 Å². The third-order valence-corrected chi connectivity index (χ3v) is 4.95. The van der Waals surface area contributed by atoms with E-state index in [1.165, 1.54) is 17.4 Å². The summed E-state index contributed by atoms with van der Waals surface area (Å²) in [5, 5.41) is 3.64. The Morgan fingerprint density at radius 2 is 2.12 bits per heavy atom. The summed E-state index contributed by atoms with van der Waals surface area (Å²) in [6.45, 7) is 4.03. The van der Waals surface area contributed by atoms with Crippen LogP contribution >= 0.6 is 23.1 Å². The van der Waals surface area contributed by atoms with E-state index in [1.54, 1.807) is 0 Å². The van der Waals surface area contributed by atoms with Gasteiger partial charge in [0.05, 0.1) is 16.0 Å². The topological polar surface area (TPSA) is 114 Å². The van der Waals surface area contributed by atoms with Crippen LogP contribution < -0.4 is 16.6 Å². The van der Waals surface area contributed by atoms with Crippen molar-refractivity contribution in [1.82, 2.24) is 15.0 Å². The number of aromatic amines is 1. The molecule has 3 rings (SSSR count). The number of aromatic nitrogens is 3. The maximum Gasteiger partial charge on any atom is 0.253 e. The molecule has 0 fully saturated rings. The quantitative estimate of drug-likeness (QED) is 0.485. The van der Waals surface area contributed by atoms with Crippen molar-refractivity contribution in [2.45, 2.75) is 19.0 Å². The molecule has 1 amide bonds. The average molecular weight is 361 g/mol. The first-order valence-electron chi connectivity index (χ1n) is 7.08. The van der Waals surface area contributed by atoms with E-state index in [1.807, 2.05) is 19.9 Å². The molecule has 0 atom stereocenters. The molecule has 2 aromatic heterocycles. The number of thioether (sulfide) groups is 1. The Hall–Kier alpha value is -2.39. The van der Waals surface area contributed by atoms with Gasteiger partial charge in [-0.2, -0.15) is 0 Å². The number of anilines is 2. The Kier molecular flexibility index (Phi) is 4.54. The van der Waals surface area contributed by atoms with Crippen LogP contribution in [-0.4, -0.2) is 26.6 Å². The predicted molar refractivity (Wildman–Crippen MR) is 97.7 cm³/mol. The molecule has 4 N–H and O–H groups in total. The number of fused-ring (bicyclic) bond motifs is 1. The van der Waals surface area contributed by atoms with Crippen LogP contribution in [0.5, 0.6) is 0 Å². The fraction of sp³-hybridized carbons (Fsp3) is 0.200.